The Morgan fingerprint density at radius 3 is 1.35 bits per heavy atom. The van der Waals surface area contributed by atoms with E-state index in [1.165, 1.54) is 78.1 Å². The molecule has 256 valence electrons. The first-order valence-corrected chi connectivity index (χ1v) is 19.1. The van der Waals surface area contributed by atoms with E-state index in [0.717, 1.165) is 12.8 Å². The lowest BCUT2D eigenvalue weighted by Gasteiger charge is -2.31. The third-order valence-corrected chi connectivity index (χ3v) is 13.5. The van der Waals surface area contributed by atoms with Crippen molar-refractivity contribution in [3.63, 3.8) is 0 Å². The molecule has 0 bridgehead atoms. The molecule has 0 aliphatic rings. The summed E-state index contributed by atoms with van der Waals surface area (Å²) in [7, 11) is -8.53. The summed E-state index contributed by atoms with van der Waals surface area (Å²) in [5, 5.41) is -1.75. The van der Waals surface area contributed by atoms with E-state index >= 15 is 0 Å². The van der Waals surface area contributed by atoms with Crippen molar-refractivity contribution in [3.05, 3.63) is 90.0 Å². The van der Waals surface area contributed by atoms with Crippen molar-refractivity contribution in [1.29, 1.82) is 0 Å². The van der Waals surface area contributed by atoms with Gasteiger partial charge in [-0.2, -0.15) is 26.3 Å². The van der Waals surface area contributed by atoms with E-state index in [1.54, 1.807) is 0 Å². The molecule has 0 unspecified atom stereocenters. The van der Waals surface area contributed by atoms with Crippen molar-refractivity contribution >= 4 is 33.3 Å². The average molecular weight is 691 g/mol. The molecular weight excluding hydrogens is 645 g/mol. The molecule has 3 rings (SSSR count). The summed E-state index contributed by atoms with van der Waals surface area (Å²) < 4.78 is 101. The van der Waals surface area contributed by atoms with Crippen LogP contribution < -0.4 is 15.9 Å². The highest BCUT2D eigenvalue weighted by Gasteiger charge is 2.72. The summed E-state index contributed by atoms with van der Waals surface area (Å²) >= 11 is 0. The lowest BCUT2D eigenvalue weighted by atomic mass is 10.1. The standard InChI is InChI=1S/C31H42P.C4H4F6O3S/c1-4-7-8-9-10-11-15-26-32(29-16-13-12-14-17-29,30-22-18-27(5-2)19-23-30)31-24-20-28(6-3)21-25-31;1-2(5,6)3(7,8)4(9,10)14(11,12)13/h12-14,16-25H,4-11,15,26H2,1-3H3;1H3,(H,11,12,13)/q+1;/p-1. The molecule has 0 heterocycles. The number of hydrogen-bond donors (Lipinski definition) is 0. The summed E-state index contributed by atoms with van der Waals surface area (Å²) in [6, 6.07) is 30.6. The molecular formula is C35H45F6O3PS. The van der Waals surface area contributed by atoms with E-state index in [1.807, 2.05) is 0 Å². The van der Waals surface area contributed by atoms with Gasteiger partial charge in [0, 0.05) is 6.92 Å². The maximum Gasteiger partial charge on any atom is 0.402 e. The molecule has 0 aliphatic carbocycles. The highest BCUT2D eigenvalue weighted by molar-refractivity contribution is 7.95. The minimum Gasteiger partial charge on any atom is -0.743 e. The second kappa shape index (κ2) is 17.1. The molecule has 0 spiro atoms. The number of benzene rings is 3. The molecule has 0 saturated carbocycles. The summed E-state index contributed by atoms with van der Waals surface area (Å²) in [6.45, 7) is 6.17. The van der Waals surface area contributed by atoms with Crippen molar-refractivity contribution in [2.75, 3.05) is 6.16 Å². The fraction of sp³-hybridized carbons (Fsp3) is 0.486. The van der Waals surface area contributed by atoms with Crippen LogP contribution in [-0.4, -0.2) is 36.2 Å². The fourth-order valence-electron chi connectivity index (χ4n) is 5.21. The molecule has 0 saturated heterocycles. The zero-order valence-corrected chi connectivity index (χ0v) is 28.6. The Kier molecular flexibility index (Phi) is 14.8. The van der Waals surface area contributed by atoms with Crippen LogP contribution in [-0.2, 0) is 23.0 Å². The van der Waals surface area contributed by atoms with Crippen LogP contribution in [0.5, 0.6) is 0 Å². The van der Waals surface area contributed by atoms with Crippen molar-refractivity contribution in [3.8, 4) is 0 Å². The first-order chi connectivity index (χ1) is 21.5. The smallest absolute Gasteiger partial charge is 0.402 e. The number of rotatable bonds is 16. The SMILES string of the molecule is CC(F)(F)C(F)(F)C(F)(F)S(=O)(=O)[O-].CCCCCCCCC[P+](c1ccccc1)(c1ccc(CC)cc1)c1ccc(CC)cc1. The van der Waals surface area contributed by atoms with Crippen LogP contribution >= 0.6 is 7.26 Å². The summed E-state index contributed by atoms with van der Waals surface area (Å²) in [5.41, 5.74) is 2.86. The maximum absolute atomic E-state index is 12.1. The van der Waals surface area contributed by atoms with Gasteiger partial charge in [0.15, 0.2) is 10.1 Å². The van der Waals surface area contributed by atoms with E-state index < -0.39 is 41.4 Å². The van der Waals surface area contributed by atoms with Gasteiger partial charge in [-0.1, -0.05) is 95.3 Å². The lowest BCUT2D eigenvalue weighted by molar-refractivity contribution is -0.273. The maximum atomic E-state index is 12.1. The van der Waals surface area contributed by atoms with Gasteiger partial charge in [0.05, 0.1) is 6.16 Å². The van der Waals surface area contributed by atoms with Crippen LogP contribution in [0.3, 0.4) is 0 Å². The van der Waals surface area contributed by atoms with Gasteiger partial charge in [0.25, 0.3) is 0 Å². The number of hydrogen-bond acceptors (Lipinski definition) is 3. The Labute approximate surface area is 270 Å². The van der Waals surface area contributed by atoms with Gasteiger partial charge in [0.2, 0.25) is 0 Å². The molecule has 0 amide bonds. The summed E-state index contributed by atoms with van der Waals surface area (Å²) in [6.07, 6.45) is 13.0. The quantitative estimate of drug-likeness (QED) is 0.0652. The Balaban J connectivity index is 0.000000444. The predicted molar refractivity (Wildman–Crippen MR) is 177 cm³/mol. The van der Waals surface area contributed by atoms with E-state index in [0.29, 0.717) is 0 Å². The molecule has 3 aromatic rings. The monoisotopic (exact) mass is 690 g/mol. The Morgan fingerprint density at radius 2 is 1.00 bits per heavy atom. The topological polar surface area (TPSA) is 57.2 Å². The second-order valence-corrected chi connectivity index (χ2v) is 16.5. The van der Waals surface area contributed by atoms with E-state index in [2.05, 4.69) is 99.6 Å². The minimum absolute atomic E-state index is 0.619. The predicted octanol–water partition coefficient (Wildman–Crippen LogP) is 9.27. The molecule has 0 radical (unpaired) electrons. The molecule has 11 heteroatoms. The van der Waals surface area contributed by atoms with E-state index in [-0.39, 0.29) is 0 Å². The van der Waals surface area contributed by atoms with E-state index in [4.69, 9.17) is 0 Å². The first-order valence-electron chi connectivity index (χ1n) is 15.7. The van der Waals surface area contributed by atoms with Gasteiger partial charge in [-0.05, 0) is 73.2 Å². The highest BCUT2D eigenvalue weighted by Crippen LogP contribution is 2.56. The van der Waals surface area contributed by atoms with Crippen LogP contribution in [0, 0.1) is 0 Å². The van der Waals surface area contributed by atoms with Gasteiger partial charge >= 0.3 is 17.1 Å². The average Bonchev–Trinajstić information content (AvgIpc) is 3.02. The van der Waals surface area contributed by atoms with Crippen LogP contribution in [0.1, 0.15) is 83.8 Å². The molecule has 0 fully saturated rings. The highest BCUT2D eigenvalue weighted by atomic mass is 32.2. The zero-order chi connectivity index (χ0) is 34.7. The van der Waals surface area contributed by atoms with E-state index in [9.17, 15) is 39.3 Å². The van der Waals surface area contributed by atoms with Gasteiger partial charge in [-0.3, -0.25) is 0 Å². The number of aryl methyl sites for hydroxylation is 2. The minimum atomic E-state index is -6.86. The molecule has 0 aromatic heterocycles. The molecule has 0 aliphatic heterocycles. The van der Waals surface area contributed by atoms with Crippen molar-refractivity contribution < 1.29 is 39.3 Å². The van der Waals surface area contributed by atoms with Crippen molar-refractivity contribution in [2.24, 2.45) is 0 Å². The second-order valence-electron chi connectivity index (χ2n) is 11.5. The van der Waals surface area contributed by atoms with Crippen molar-refractivity contribution in [2.45, 2.75) is 103 Å². The molecule has 46 heavy (non-hydrogen) atoms. The molecule has 3 nitrogen and oxygen atoms in total. The lowest BCUT2D eigenvalue weighted by Crippen LogP contribution is -2.56. The zero-order valence-electron chi connectivity index (χ0n) is 26.9. The van der Waals surface area contributed by atoms with Crippen LogP contribution in [0.4, 0.5) is 26.3 Å². The third-order valence-electron chi connectivity index (χ3n) is 8.10. The third kappa shape index (κ3) is 9.57. The van der Waals surface area contributed by atoms with Gasteiger partial charge < -0.3 is 4.55 Å². The van der Waals surface area contributed by atoms with Crippen molar-refractivity contribution in [1.82, 2.24) is 0 Å². The number of unbranched alkanes of at least 4 members (excludes halogenated alkanes) is 6. The molecule has 3 aromatic carbocycles. The molecule has 0 atom stereocenters. The van der Waals surface area contributed by atoms with Gasteiger partial charge in [-0.15, -0.1) is 0 Å². The van der Waals surface area contributed by atoms with Gasteiger partial charge in [0.1, 0.15) is 23.2 Å². The van der Waals surface area contributed by atoms with Crippen LogP contribution in [0.15, 0.2) is 78.9 Å². The fourth-order valence-corrected chi connectivity index (χ4v) is 10.1. The molecule has 0 N–H and O–H groups in total. The van der Waals surface area contributed by atoms with Crippen LogP contribution in [0.2, 0.25) is 0 Å². The largest absolute Gasteiger partial charge is 0.743 e. The summed E-state index contributed by atoms with van der Waals surface area (Å²) in [4.78, 5) is 0. The Bertz CT molecular complexity index is 1380. The Hall–Kier alpha value is -2.42. The normalized spacial score (nSPS) is 12.8. The number of halogens is 6. The summed E-state index contributed by atoms with van der Waals surface area (Å²) in [5.74, 6) is -11.6. The van der Waals surface area contributed by atoms with Gasteiger partial charge in [-0.25, -0.2) is 8.42 Å². The van der Waals surface area contributed by atoms with Crippen LogP contribution in [0.25, 0.3) is 0 Å². The Morgan fingerprint density at radius 1 is 0.609 bits per heavy atom. The first kappa shape index (κ1) is 39.8. The number of alkyl halides is 6.